The van der Waals surface area contributed by atoms with E-state index in [0.29, 0.717) is 12.3 Å². The lowest BCUT2D eigenvalue weighted by Gasteiger charge is -2.06. The quantitative estimate of drug-likeness (QED) is 0.813. The fourth-order valence-electron chi connectivity index (χ4n) is 1.58. The molecule has 0 radical (unpaired) electrons. The number of ether oxygens (including phenoxy) is 1. The molecule has 18 heavy (non-hydrogen) atoms. The van der Waals surface area contributed by atoms with E-state index in [1.54, 1.807) is 0 Å². The molecule has 0 aliphatic rings. The average Bonchev–Trinajstić information content (AvgIpc) is 2.91. The third-order valence-corrected chi connectivity index (χ3v) is 2.51. The Hall–Kier alpha value is -2.23. The molecule has 1 aromatic carbocycles. The first-order chi connectivity index (χ1) is 8.84. The lowest BCUT2D eigenvalue weighted by atomic mass is 10.2. The summed E-state index contributed by atoms with van der Waals surface area (Å²) in [4.78, 5) is 14.5. The van der Waals surface area contributed by atoms with Crippen molar-refractivity contribution in [3.63, 3.8) is 0 Å². The summed E-state index contributed by atoms with van der Waals surface area (Å²) in [7, 11) is 0. The molecule has 1 heterocycles. The summed E-state index contributed by atoms with van der Waals surface area (Å²) in [6.45, 7) is 0.673. The minimum Gasteiger partial charge on any atom is -0.484 e. The maximum absolute atomic E-state index is 11.5. The number of nitrogens with one attached hydrogen (secondary N) is 2. The molecule has 0 saturated carbocycles. The number of benzene rings is 1. The molecule has 2 rings (SSSR count). The minimum atomic E-state index is -0.102. The Bertz CT molecular complexity index is 466. The summed E-state index contributed by atoms with van der Waals surface area (Å²) >= 11 is 0. The van der Waals surface area contributed by atoms with Crippen LogP contribution in [0.4, 0.5) is 0 Å². The summed E-state index contributed by atoms with van der Waals surface area (Å²) in [6, 6.07) is 11.3. The average molecular weight is 244 g/mol. The van der Waals surface area contributed by atoms with E-state index in [-0.39, 0.29) is 12.5 Å². The van der Waals surface area contributed by atoms with Crippen molar-refractivity contribution < 1.29 is 9.53 Å². The van der Waals surface area contributed by atoms with Crippen LogP contribution in [-0.4, -0.2) is 24.0 Å². The van der Waals surface area contributed by atoms with Gasteiger partial charge in [-0.1, -0.05) is 18.2 Å². The Morgan fingerprint density at radius 3 is 2.78 bits per heavy atom. The van der Waals surface area contributed by atoms with Crippen molar-refractivity contribution in [2.24, 2.45) is 0 Å². The molecule has 4 heteroatoms. The van der Waals surface area contributed by atoms with Gasteiger partial charge < -0.3 is 15.0 Å². The predicted molar refractivity (Wildman–Crippen MR) is 69.4 cm³/mol. The number of amides is 1. The van der Waals surface area contributed by atoms with Gasteiger partial charge in [-0.2, -0.15) is 0 Å². The van der Waals surface area contributed by atoms with E-state index in [1.807, 2.05) is 48.8 Å². The van der Waals surface area contributed by atoms with Gasteiger partial charge in [-0.05, 0) is 30.2 Å². The molecule has 0 aliphatic heterocycles. The largest absolute Gasteiger partial charge is 0.484 e. The van der Waals surface area contributed by atoms with Crippen molar-refractivity contribution in [3.8, 4) is 5.75 Å². The van der Waals surface area contributed by atoms with Gasteiger partial charge in [0.25, 0.3) is 5.91 Å². The second-order valence-electron chi connectivity index (χ2n) is 3.92. The Kier molecular flexibility index (Phi) is 4.41. The highest BCUT2D eigenvalue weighted by Crippen LogP contribution is 2.07. The zero-order valence-electron chi connectivity index (χ0n) is 10.1. The number of hydrogen-bond donors (Lipinski definition) is 2. The molecular weight excluding hydrogens is 228 g/mol. The van der Waals surface area contributed by atoms with Gasteiger partial charge in [0, 0.05) is 18.9 Å². The van der Waals surface area contributed by atoms with Gasteiger partial charge in [0.2, 0.25) is 0 Å². The minimum absolute atomic E-state index is 0.0527. The van der Waals surface area contributed by atoms with Crippen LogP contribution in [0.5, 0.6) is 5.75 Å². The van der Waals surface area contributed by atoms with Crippen LogP contribution in [-0.2, 0) is 11.2 Å². The summed E-state index contributed by atoms with van der Waals surface area (Å²) in [5.74, 6) is 0.604. The van der Waals surface area contributed by atoms with Crippen molar-refractivity contribution in [1.29, 1.82) is 0 Å². The molecule has 0 unspecified atom stereocenters. The van der Waals surface area contributed by atoms with E-state index >= 15 is 0 Å². The number of para-hydroxylation sites is 1. The zero-order chi connectivity index (χ0) is 12.6. The Morgan fingerprint density at radius 2 is 2.06 bits per heavy atom. The molecule has 2 aromatic rings. The van der Waals surface area contributed by atoms with Gasteiger partial charge in [0.05, 0.1) is 0 Å². The molecule has 4 nitrogen and oxygen atoms in total. The first-order valence-corrected chi connectivity index (χ1v) is 5.91. The first kappa shape index (κ1) is 12.2. The van der Waals surface area contributed by atoms with Crippen molar-refractivity contribution in [2.75, 3.05) is 13.2 Å². The zero-order valence-corrected chi connectivity index (χ0v) is 10.1. The maximum Gasteiger partial charge on any atom is 0.257 e. The third-order valence-electron chi connectivity index (χ3n) is 2.51. The Balaban J connectivity index is 1.63. The van der Waals surface area contributed by atoms with Gasteiger partial charge in [0.15, 0.2) is 6.61 Å². The first-order valence-electron chi connectivity index (χ1n) is 5.91. The van der Waals surface area contributed by atoms with Crippen LogP contribution in [0.15, 0.2) is 48.8 Å². The molecule has 2 N–H and O–H groups in total. The van der Waals surface area contributed by atoms with Crippen LogP contribution in [0.3, 0.4) is 0 Å². The third kappa shape index (κ3) is 3.97. The van der Waals surface area contributed by atoms with Crippen LogP contribution < -0.4 is 10.1 Å². The van der Waals surface area contributed by atoms with Crippen molar-refractivity contribution in [1.82, 2.24) is 10.3 Å². The van der Waals surface area contributed by atoms with Gasteiger partial charge in [-0.3, -0.25) is 4.79 Å². The number of aromatic nitrogens is 1. The van der Waals surface area contributed by atoms with Crippen molar-refractivity contribution in [2.45, 2.75) is 6.42 Å². The highest BCUT2D eigenvalue weighted by Gasteiger charge is 2.02. The fourth-order valence-corrected chi connectivity index (χ4v) is 1.58. The van der Waals surface area contributed by atoms with Crippen LogP contribution in [0, 0.1) is 0 Å². The van der Waals surface area contributed by atoms with Gasteiger partial charge in [-0.25, -0.2) is 0 Å². The molecule has 0 fully saturated rings. The number of carbonyl (C=O) groups is 1. The maximum atomic E-state index is 11.5. The van der Waals surface area contributed by atoms with Crippen molar-refractivity contribution >= 4 is 5.91 Å². The molecule has 1 amide bonds. The lowest BCUT2D eigenvalue weighted by molar-refractivity contribution is -0.123. The topological polar surface area (TPSA) is 54.1 Å². The van der Waals surface area contributed by atoms with Crippen LogP contribution in [0.25, 0.3) is 0 Å². The van der Waals surface area contributed by atoms with E-state index in [0.717, 1.165) is 6.42 Å². The number of rotatable bonds is 6. The number of carbonyl (C=O) groups excluding carboxylic acids is 1. The molecule has 0 spiro atoms. The van der Waals surface area contributed by atoms with Crippen LogP contribution in [0.2, 0.25) is 0 Å². The monoisotopic (exact) mass is 244 g/mol. The molecule has 94 valence electrons. The van der Waals surface area contributed by atoms with E-state index in [9.17, 15) is 4.79 Å². The molecule has 0 saturated heterocycles. The van der Waals surface area contributed by atoms with E-state index in [1.165, 1.54) is 5.56 Å². The predicted octanol–water partition coefficient (Wildman–Crippen LogP) is 1.75. The molecular formula is C14H16N2O2. The molecule has 0 bridgehead atoms. The molecule has 0 aliphatic carbocycles. The van der Waals surface area contributed by atoms with Gasteiger partial charge in [0.1, 0.15) is 5.75 Å². The highest BCUT2D eigenvalue weighted by molar-refractivity contribution is 5.77. The summed E-state index contributed by atoms with van der Waals surface area (Å²) in [5.41, 5.74) is 1.18. The SMILES string of the molecule is O=C(COc1ccccc1)NCCc1cc[nH]c1. The number of hydrogen-bond acceptors (Lipinski definition) is 2. The van der Waals surface area contributed by atoms with Crippen molar-refractivity contribution in [3.05, 3.63) is 54.4 Å². The summed E-state index contributed by atoms with van der Waals surface area (Å²) in [5, 5.41) is 2.81. The number of aromatic amines is 1. The second kappa shape index (κ2) is 6.49. The van der Waals surface area contributed by atoms with Crippen LogP contribution in [0.1, 0.15) is 5.56 Å². The standard InChI is InChI=1S/C14H16N2O2/c17-14(11-18-13-4-2-1-3-5-13)16-9-7-12-6-8-15-10-12/h1-6,8,10,15H,7,9,11H2,(H,16,17). The number of H-pyrrole nitrogens is 1. The van der Waals surface area contributed by atoms with Crippen LogP contribution >= 0.6 is 0 Å². The fraction of sp³-hybridized carbons (Fsp3) is 0.214. The highest BCUT2D eigenvalue weighted by atomic mass is 16.5. The lowest BCUT2D eigenvalue weighted by Crippen LogP contribution is -2.30. The van der Waals surface area contributed by atoms with E-state index in [4.69, 9.17) is 4.74 Å². The Morgan fingerprint density at radius 1 is 1.22 bits per heavy atom. The molecule has 1 aromatic heterocycles. The second-order valence-corrected chi connectivity index (χ2v) is 3.92. The van der Waals surface area contributed by atoms with Gasteiger partial charge >= 0.3 is 0 Å². The van der Waals surface area contributed by atoms with E-state index in [2.05, 4.69) is 10.3 Å². The Labute approximate surface area is 106 Å². The van der Waals surface area contributed by atoms with E-state index < -0.39 is 0 Å². The molecule has 0 atom stereocenters. The van der Waals surface area contributed by atoms with Gasteiger partial charge in [-0.15, -0.1) is 0 Å². The normalized spacial score (nSPS) is 10.0. The summed E-state index contributed by atoms with van der Waals surface area (Å²) in [6.07, 6.45) is 4.61. The summed E-state index contributed by atoms with van der Waals surface area (Å²) < 4.78 is 5.34. The smallest absolute Gasteiger partial charge is 0.257 e.